The molecular formula is C21H21ClF4N2O3. The fourth-order valence-corrected chi connectivity index (χ4v) is 3.49. The number of carbonyl (C=O) groups is 1. The third-order valence-corrected chi connectivity index (χ3v) is 5.04. The molecule has 1 aliphatic heterocycles. The fourth-order valence-electron chi connectivity index (χ4n) is 3.49. The molecule has 2 aromatic carbocycles. The van der Waals surface area contributed by atoms with Crippen molar-refractivity contribution < 1.29 is 49.6 Å². The summed E-state index contributed by atoms with van der Waals surface area (Å²) >= 11 is 0. The molecule has 0 radical (unpaired) electrons. The van der Waals surface area contributed by atoms with Gasteiger partial charge in [0.25, 0.3) is 0 Å². The minimum atomic E-state index is -0.994. The third-order valence-electron chi connectivity index (χ3n) is 5.04. The maximum atomic E-state index is 14.3. The van der Waals surface area contributed by atoms with Crippen LogP contribution in [0.4, 0.5) is 17.6 Å². The quantitative estimate of drug-likeness (QED) is 0.251. The average molecular weight is 461 g/mol. The Morgan fingerprint density at radius 1 is 1.06 bits per heavy atom. The number of rotatable bonds is 7. The number of hydrogen-bond donors (Lipinski definition) is 2. The standard InChI is InChI=1S/C21H20F4N2O3.ClH/c22-14-4-6-18(24)17(10-14)20(16-5-3-15(23)11-19(16)25)26-30-9-8-27-7-1-2-13(12-27)21(28)29;/h3-6,10-11,13H,1-2,7-9,12H2,(H,28,29);1H/b26-20-;/t13-;/m1./s1. The summed E-state index contributed by atoms with van der Waals surface area (Å²) in [4.78, 5) is 17.4. The molecule has 0 spiro atoms. The van der Waals surface area contributed by atoms with Gasteiger partial charge in [-0.3, -0.25) is 4.79 Å². The number of carboxylic acids is 1. The average Bonchev–Trinajstić information content (AvgIpc) is 2.71. The maximum absolute atomic E-state index is 14.3. The van der Waals surface area contributed by atoms with Gasteiger partial charge in [-0.05, 0) is 43.2 Å². The predicted octanol–water partition coefficient (Wildman–Crippen LogP) is -0.604. The van der Waals surface area contributed by atoms with Gasteiger partial charge in [-0.2, -0.15) is 0 Å². The van der Waals surface area contributed by atoms with E-state index in [4.69, 9.17) is 9.94 Å². The van der Waals surface area contributed by atoms with E-state index in [1.54, 1.807) is 0 Å². The maximum Gasteiger partial charge on any atom is 0.312 e. The summed E-state index contributed by atoms with van der Waals surface area (Å²) < 4.78 is 55.5. The van der Waals surface area contributed by atoms with E-state index in [0.29, 0.717) is 25.6 Å². The number of piperidine rings is 1. The lowest BCUT2D eigenvalue weighted by atomic mass is 9.98. The first-order valence-corrected chi connectivity index (χ1v) is 9.52. The molecule has 0 saturated carbocycles. The molecule has 0 amide bonds. The van der Waals surface area contributed by atoms with Gasteiger partial charge >= 0.3 is 5.97 Å². The third kappa shape index (κ3) is 6.41. The van der Waals surface area contributed by atoms with Crippen molar-refractivity contribution in [1.29, 1.82) is 0 Å². The summed E-state index contributed by atoms with van der Waals surface area (Å²) in [5, 5.41) is 13.0. The van der Waals surface area contributed by atoms with E-state index in [-0.39, 0.29) is 35.9 Å². The number of carboxylic acid groups (broad SMARTS) is 1. The van der Waals surface area contributed by atoms with Crippen molar-refractivity contribution in [3.63, 3.8) is 0 Å². The van der Waals surface area contributed by atoms with Crippen molar-refractivity contribution in [2.75, 3.05) is 26.2 Å². The highest BCUT2D eigenvalue weighted by atomic mass is 35.5. The van der Waals surface area contributed by atoms with Crippen LogP contribution in [0.15, 0.2) is 41.6 Å². The Morgan fingerprint density at radius 2 is 1.77 bits per heavy atom. The molecule has 0 aromatic heterocycles. The molecular weight excluding hydrogens is 440 g/mol. The van der Waals surface area contributed by atoms with Crippen molar-refractivity contribution in [3.8, 4) is 0 Å². The molecule has 1 unspecified atom stereocenters. The molecule has 1 aliphatic rings. The number of nitrogens with zero attached hydrogens (tertiary/aromatic N) is 1. The molecule has 0 bridgehead atoms. The number of benzene rings is 2. The Hall–Kier alpha value is -2.65. The first-order valence-electron chi connectivity index (χ1n) is 9.52. The van der Waals surface area contributed by atoms with Crippen molar-refractivity contribution >= 4 is 11.7 Å². The number of hydrogen-bond acceptors (Lipinski definition) is 3. The van der Waals surface area contributed by atoms with Crippen LogP contribution in [0.2, 0.25) is 0 Å². The summed E-state index contributed by atoms with van der Waals surface area (Å²) in [5.74, 6) is -4.65. The summed E-state index contributed by atoms with van der Waals surface area (Å²) in [7, 11) is 0. The first kappa shape index (κ1) is 24.6. The number of nitrogens with one attached hydrogen (secondary N) is 1. The molecule has 2 aromatic rings. The van der Waals surface area contributed by atoms with Gasteiger partial charge < -0.3 is 27.3 Å². The minimum Gasteiger partial charge on any atom is -1.00 e. The van der Waals surface area contributed by atoms with Crippen LogP contribution in [-0.4, -0.2) is 43.0 Å². The van der Waals surface area contributed by atoms with Crippen LogP contribution in [0.3, 0.4) is 0 Å². The molecule has 10 heteroatoms. The lowest BCUT2D eigenvalue weighted by Gasteiger charge is -2.27. The normalized spacial score (nSPS) is 18.9. The Labute approximate surface area is 182 Å². The van der Waals surface area contributed by atoms with Crippen molar-refractivity contribution in [2.45, 2.75) is 12.8 Å². The largest absolute Gasteiger partial charge is 1.00 e. The monoisotopic (exact) mass is 460 g/mol. The molecule has 1 saturated heterocycles. The second kappa shape index (κ2) is 11.1. The Balaban J connectivity index is 0.00000341. The highest BCUT2D eigenvalue weighted by Gasteiger charge is 2.28. The predicted molar refractivity (Wildman–Crippen MR) is 100 cm³/mol. The topological polar surface area (TPSA) is 63.3 Å². The summed E-state index contributed by atoms with van der Waals surface area (Å²) in [6, 6.07) is 5.32. The van der Waals surface area contributed by atoms with Gasteiger partial charge in [0.2, 0.25) is 0 Å². The number of likely N-dealkylation sites (tertiary alicyclic amines) is 1. The van der Waals surface area contributed by atoms with Gasteiger partial charge in [0, 0.05) is 17.2 Å². The van der Waals surface area contributed by atoms with Crippen LogP contribution in [0.25, 0.3) is 0 Å². The van der Waals surface area contributed by atoms with Gasteiger partial charge in [0.1, 0.15) is 41.4 Å². The van der Waals surface area contributed by atoms with Crippen molar-refractivity contribution in [1.82, 2.24) is 0 Å². The van der Waals surface area contributed by atoms with Crippen LogP contribution in [0.5, 0.6) is 0 Å². The fraction of sp³-hybridized carbons (Fsp3) is 0.333. The molecule has 2 N–H and O–H groups in total. The highest BCUT2D eigenvalue weighted by Crippen LogP contribution is 2.19. The smallest absolute Gasteiger partial charge is 0.312 e. The minimum absolute atomic E-state index is 0. The lowest BCUT2D eigenvalue weighted by Crippen LogP contribution is -3.14. The van der Waals surface area contributed by atoms with E-state index in [1.165, 1.54) is 0 Å². The van der Waals surface area contributed by atoms with E-state index in [0.717, 1.165) is 48.2 Å². The van der Waals surface area contributed by atoms with Gasteiger partial charge in [0.15, 0.2) is 6.61 Å². The van der Waals surface area contributed by atoms with Crippen LogP contribution < -0.4 is 17.3 Å². The van der Waals surface area contributed by atoms with Gasteiger partial charge in [-0.1, -0.05) is 5.16 Å². The lowest BCUT2D eigenvalue weighted by molar-refractivity contribution is -0.907. The molecule has 1 fully saturated rings. The molecule has 2 atom stereocenters. The van der Waals surface area contributed by atoms with E-state index in [1.807, 2.05) is 0 Å². The zero-order valence-electron chi connectivity index (χ0n) is 16.4. The second-order valence-electron chi connectivity index (χ2n) is 7.15. The van der Waals surface area contributed by atoms with E-state index in [2.05, 4.69) is 5.16 Å². The number of aliphatic carboxylic acids is 1. The number of quaternary nitrogens is 1. The van der Waals surface area contributed by atoms with Crippen LogP contribution in [0, 0.1) is 29.2 Å². The van der Waals surface area contributed by atoms with Crippen molar-refractivity contribution in [3.05, 3.63) is 70.8 Å². The van der Waals surface area contributed by atoms with Gasteiger partial charge in [-0.15, -0.1) is 0 Å². The summed E-state index contributed by atoms with van der Waals surface area (Å²) in [5.41, 5.74) is -0.865. The molecule has 3 rings (SSSR count). The number of halogens is 5. The first-order chi connectivity index (χ1) is 14.3. The zero-order valence-corrected chi connectivity index (χ0v) is 17.1. The van der Waals surface area contributed by atoms with E-state index < -0.39 is 35.2 Å². The molecule has 168 valence electrons. The Kier molecular flexibility index (Phi) is 8.82. The van der Waals surface area contributed by atoms with E-state index >= 15 is 0 Å². The van der Waals surface area contributed by atoms with Crippen LogP contribution >= 0.6 is 0 Å². The molecule has 31 heavy (non-hydrogen) atoms. The summed E-state index contributed by atoms with van der Waals surface area (Å²) in [6.07, 6.45) is 1.40. The van der Waals surface area contributed by atoms with Gasteiger partial charge in [0.05, 0.1) is 13.1 Å². The van der Waals surface area contributed by atoms with Crippen molar-refractivity contribution in [2.24, 2.45) is 11.1 Å². The highest BCUT2D eigenvalue weighted by molar-refractivity contribution is 6.12. The Bertz CT molecular complexity index is 958. The van der Waals surface area contributed by atoms with Crippen LogP contribution in [0.1, 0.15) is 24.0 Å². The molecule has 5 nitrogen and oxygen atoms in total. The molecule has 0 aliphatic carbocycles. The Morgan fingerprint density at radius 3 is 2.48 bits per heavy atom. The zero-order chi connectivity index (χ0) is 21.7. The van der Waals surface area contributed by atoms with E-state index in [9.17, 15) is 22.4 Å². The molecule has 1 heterocycles. The van der Waals surface area contributed by atoms with Gasteiger partial charge in [-0.25, -0.2) is 17.6 Å². The number of oxime groups is 1. The summed E-state index contributed by atoms with van der Waals surface area (Å²) in [6.45, 7) is 1.75. The van der Waals surface area contributed by atoms with Crippen LogP contribution in [-0.2, 0) is 9.63 Å². The SMILES string of the molecule is O=C(O)[C@@H]1CCC[NH+](CCO/N=C(/c2ccc(F)cc2F)c2cc(F)ccc2F)C1.[Cl-]. The second-order valence-corrected chi connectivity index (χ2v) is 7.15.